The number of esters is 2. The van der Waals surface area contributed by atoms with E-state index >= 15 is 0 Å². The van der Waals surface area contributed by atoms with Crippen molar-refractivity contribution in [3.8, 4) is 5.75 Å². The zero-order valence-corrected chi connectivity index (χ0v) is 21.0. The highest BCUT2D eigenvalue weighted by molar-refractivity contribution is 5.67. The third-order valence-electron chi connectivity index (χ3n) is 6.79. The van der Waals surface area contributed by atoms with E-state index in [9.17, 15) is 9.59 Å². The minimum atomic E-state index is -0.785. The van der Waals surface area contributed by atoms with Crippen LogP contribution < -0.4 is 4.74 Å². The molecule has 7 nitrogen and oxygen atoms in total. The Morgan fingerprint density at radius 2 is 1.68 bits per heavy atom. The number of aryl methyl sites for hydroxylation is 1. The number of benzene rings is 1. The molecule has 7 heteroatoms. The van der Waals surface area contributed by atoms with Gasteiger partial charge in [0.25, 0.3) is 0 Å². The lowest BCUT2D eigenvalue weighted by Crippen LogP contribution is -2.57. The molecule has 5 atom stereocenters. The lowest BCUT2D eigenvalue weighted by molar-refractivity contribution is -0.290. The molecular weight excluding hydrogens is 436 g/mol. The minimum absolute atomic E-state index is 0.112. The Morgan fingerprint density at radius 3 is 2.26 bits per heavy atom. The second-order valence-electron chi connectivity index (χ2n) is 9.54. The molecule has 0 aromatic heterocycles. The van der Waals surface area contributed by atoms with E-state index < -0.39 is 30.4 Å². The number of ether oxygens (including phenoxy) is 5. The van der Waals surface area contributed by atoms with Gasteiger partial charge in [-0.2, -0.15) is 0 Å². The van der Waals surface area contributed by atoms with Crippen molar-refractivity contribution in [2.75, 3.05) is 13.2 Å². The molecular formula is C27H40O7. The summed E-state index contributed by atoms with van der Waals surface area (Å²) in [7, 11) is 0. The highest BCUT2D eigenvalue weighted by atomic mass is 16.7. The summed E-state index contributed by atoms with van der Waals surface area (Å²) in [5.74, 6) is 0.685. The summed E-state index contributed by atoms with van der Waals surface area (Å²) in [6.07, 6.45) is 5.08. The van der Waals surface area contributed by atoms with Crippen molar-refractivity contribution in [3.63, 3.8) is 0 Å². The van der Waals surface area contributed by atoms with Crippen LogP contribution in [0, 0.1) is 11.8 Å². The van der Waals surface area contributed by atoms with E-state index in [0.29, 0.717) is 6.61 Å². The molecule has 190 valence electrons. The number of carbonyl (C=O) groups is 2. The normalized spacial score (nSPS) is 27.0. The van der Waals surface area contributed by atoms with Gasteiger partial charge in [0, 0.05) is 26.4 Å². The number of hydrogen-bond acceptors (Lipinski definition) is 7. The van der Waals surface area contributed by atoms with Gasteiger partial charge < -0.3 is 23.7 Å². The highest BCUT2D eigenvalue weighted by Gasteiger charge is 2.47. The van der Waals surface area contributed by atoms with Crippen LogP contribution in [0.5, 0.6) is 5.75 Å². The Labute approximate surface area is 203 Å². The standard InChI is InChI=1S/C27H40O7/c1-5-24-18(2)25(32-19(3)28)26(33-20(4)29)27(34-24)30-16-7-6-9-21-12-14-23(15-13-21)31-17-22-10-8-11-22/h12-15,18,22,24-27H,5-11,16-17H2,1-4H3. The zero-order chi connectivity index (χ0) is 24.5. The van der Waals surface area contributed by atoms with E-state index in [4.69, 9.17) is 23.7 Å². The molecule has 1 saturated heterocycles. The maximum atomic E-state index is 11.7. The van der Waals surface area contributed by atoms with Crippen molar-refractivity contribution in [1.82, 2.24) is 0 Å². The molecule has 3 rings (SSSR count). The monoisotopic (exact) mass is 476 g/mol. The van der Waals surface area contributed by atoms with Crippen LogP contribution in [0.4, 0.5) is 0 Å². The number of hydrogen-bond donors (Lipinski definition) is 0. The zero-order valence-electron chi connectivity index (χ0n) is 21.0. The summed E-state index contributed by atoms with van der Waals surface area (Å²) in [6, 6.07) is 8.33. The third-order valence-corrected chi connectivity index (χ3v) is 6.79. The fourth-order valence-electron chi connectivity index (χ4n) is 4.58. The van der Waals surface area contributed by atoms with Crippen LogP contribution in [-0.2, 0) is 35.0 Å². The molecule has 0 radical (unpaired) electrons. The summed E-state index contributed by atoms with van der Waals surface area (Å²) in [4.78, 5) is 23.4. The van der Waals surface area contributed by atoms with E-state index in [1.807, 2.05) is 26.0 Å². The van der Waals surface area contributed by atoms with Crippen LogP contribution in [-0.4, -0.2) is 49.8 Å². The topological polar surface area (TPSA) is 80.3 Å². The molecule has 0 N–H and O–H groups in total. The fraction of sp³-hybridized carbons (Fsp3) is 0.704. The van der Waals surface area contributed by atoms with E-state index in [1.54, 1.807) is 0 Å². The molecule has 1 aromatic carbocycles. The molecule has 2 aliphatic rings. The van der Waals surface area contributed by atoms with Crippen molar-refractivity contribution in [2.24, 2.45) is 11.8 Å². The summed E-state index contributed by atoms with van der Waals surface area (Å²) in [5.41, 5.74) is 1.26. The Kier molecular flexibility index (Phi) is 10.2. The van der Waals surface area contributed by atoms with Crippen LogP contribution in [0.1, 0.15) is 71.8 Å². The van der Waals surface area contributed by atoms with E-state index in [2.05, 4.69) is 12.1 Å². The summed E-state index contributed by atoms with van der Waals surface area (Å²) >= 11 is 0. The molecule has 1 heterocycles. The first-order valence-corrected chi connectivity index (χ1v) is 12.7. The van der Waals surface area contributed by atoms with Gasteiger partial charge in [0.05, 0.1) is 12.7 Å². The molecule has 1 aromatic rings. The number of unbranched alkanes of at least 4 members (excludes halogenated alkanes) is 1. The van der Waals surface area contributed by atoms with Crippen LogP contribution in [0.25, 0.3) is 0 Å². The van der Waals surface area contributed by atoms with Crippen LogP contribution in [0.3, 0.4) is 0 Å². The quantitative estimate of drug-likeness (QED) is 0.315. The third kappa shape index (κ3) is 7.70. The lowest BCUT2D eigenvalue weighted by atomic mass is 9.86. The predicted molar refractivity (Wildman–Crippen MR) is 127 cm³/mol. The molecule has 1 aliphatic carbocycles. The molecule has 0 bridgehead atoms. The van der Waals surface area contributed by atoms with Gasteiger partial charge in [-0.25, -0.2) is 0 Å². The van der Waals surface area contributed by atoms with Gasteiger partial charge in [-0.3, -0.25) is 9.59 Å². The molecule has 1 aliphatic heterocycles. The Hall–Kier alpha value is -2.12. The van der Waals surface area contributed by atoms with Gasteiger partial charge in [-0.05, 0) is 62.1 Å². The second-order valence-corrected chi connectivity index (χ2v) is 9.54. The molecule has 1 saturated carbocycles. The van der Waals surface area contributed by atoms with Gasteiger partial charge in [0.15, 0.2) is 12.4 Å². The van der Waals surface area contributed by atoms with Crippen molar-refractivity contribution in [2.45, 2.75) is 97.2 Å². The first kappa shape index (κ1) is 26.5. The lowest BCUT2D eigenvalue weighted by Gasteiger charge is -2.43. The van der Waals surface area contributed by atoms with Crippen LogP contribution in [0.2, 0.25) is 0 Å². The van der Waals surface area contributed by atoms with E-state index in [-0.39, 0.29) is 12.0 Å². The largest absolute Gasteiger partial charge is 0.493 e. The number of carbonyl (C=O) groups excluding carboxylic acids is 2. The first-order valence-electron chi connectivity index (χ1n) is 12.7. The maximum absolute atomic E-state index is 11.7. The van der Waals surface area contributed by atoms with E-state index in [0.717, 1.165) is 44.0 Å². The molecule has 2 fully saturated rings. The second kappa shape index (κ2) is 13.1. The highest BCUT2D eigenvalue weighted by Crippen LogP contribution is 2.33. The van der Waals surface area contributed by atoms with Crippen molar-refractivity contribution in [1.29, 1.82) is 0 Å². The van der Waals surface area contributed by atoms with Crippen molar-refractivity contribution in [3.05, 3.63) is 29.8 Å². The Bertz CT molecular complexity index is 774. The van der Waals surface area contributed by atoms with Crippen molar-refractivity contribution < 1.29 is 33.3 Å². The molecule has 0 amide bonds. The van der Waals surface area contributed by atoms with Gasteiger partial charge in [-0.1, -0.05) is 32.4 Å². The van der Waals surface area contributed by atoms with Gasteiger partial charge in [0.2, 0.25) is 0 Å². The van der Waals surface area contributed by atoms with Crippen LogP contribution in [0.15, 0.2) is 24.3 Å². The summed E-state index contributed by atoms with van der Waals surface area (Å²) in [5, 5.41) is 0. The fourth-order valence-corrected chi connectivity index (χ4v) is 4.58. The average molecular weight is 477 g/mol. The molecule has 34 heavy (non-hydrogen) atoms. The van der Waals surface area contributed by atoms with Crippen LogP contribution >= 0.6 is 0 Å². The van der Waals surface area contributed by atoms with E-state index in [1.165, 1.54) is 38.7 Å². The Morgan fingerprint density at radius 1 is 1.00 bits per heavy atom. The minimum Gasteiger partial charge on any atom is -0.493 e. The van der Waals surface area contributed by atoms with Gasteiger partial charge in [0.1, 0.15) is 11.9 Å². The molecule has 5 unspecified atom stereocenters. The SMILES string of the molecule is CCC1OC(OCCCCc2ccc(OCC3CCC3)cc2)C(OC(C)=O)C(OC(C)=O)C1C. The maximum Gasteiger partial charge on any atom is 0.303 e. The summed E-state index contributed by atoms with van der Waals surface area (Å²) < 4.78 is 29.0. The van der Waals surface area contributed by atoms with Gasteiger partial charge >= 0.3 is 11.9 Å². The number of rotatable bonds is 12. The Balaban J connectivity index is 1.45. The summed E-state index contributed by atoms with van der Waals surface area (Å²) in [6.45, 7) is 7.93. The molecule has 0 spiro atoms. The smallest absolute Gasteiger partial charge is 0.303 e. The predicted octanol–water partition coefficient (Wildman–Crippen LogP) is 4.84. The van der Waals surface area contributed by atoms with Gasteiger partial charge in [-0.15, -0.1) is 0 Å². The average Bonchev–Trinajstić information content (AvgIpc) is 2.76. The first-order chi connectivity index (χ1) is 16.4. The van der Waals surface area contributed by atoms with Crippen molar-refractivity contribution >= 4 is 11.9 Å².